The summed E-state index contributed by atoms with van der Waals surface area (Å²) in [5.41, 5.74) is 0.177. The molecule has 0 fully saturated rings. The number of esters is 1. The van der Waals surface area contributed by atoms with Crippen LogP contribution in [0.5, 0.6) is 5.75 Å². The van der Waals surface area contributed by atoms with Crippen LogP contribution in [0.2, 0.25) is 0 Å². The zero-order valence-electron chi connectivity index (χ0n) is 15.4. The fourth-order valence-corrected chi connectivity index (χ4v) is 2.81. The van der Waals surface area contributed by atoms with Crippen LogP contribution in [0.25, 0.3) is 0 Å². The summed E-state index contributed by atoms with van der Waals surface area (Å²) >= 11 is 3.14. The molecule has 1 amide bonds. The number of hydrogen-bond acceptors (Lipinski definition) is 7. The number of non-ortho nitro benzene ring substituents is 1. The maximum Gasteiger partial charge on any atom is 0.374 e. The first kappa shape index (κ1) is 21.1. The average molecular weight is 475 g/mol. The first-order valence-electron chi connectivity index (χ1n) is 8.60. The first-order chi connectivity index (χ1) is 14.4. The molecule has 154 valence electrons. The predicted octanol–water partition coefficient (Wildman–Crippen LogP) is 4.32. The quantitative estimate of drug-likeness (QED) is 0.293. The largest absolute Gasteiger partial charge is 0.486 e. The summed E-state index contributed by atoms with van der Waals surface area (Å²) in [5.74, 6) is -0.404. The Balaban J connectivity index is 1.49. The molecular formula is C20H15BrN2O7. The summed E-state index contributed by atoms with van der Waals surface area (Å²) in [6.45, 7) is -0.426. The van der Waals surface area contributed by atoms with Gasteiger partial charge in [-0.2, -0.15) is 0 Å². The Kier molecular flexibility index (Phi) is 6.81. The van der Waals surface area contributed by atoms with Crippen LogP contribution in [0, 0.1) is 10.1 Å². The predicted molar refractivity (Wildman–Crippen MR) is 109 cm³/mol. The summed E-state index contributed by atoms with van der Waals surface area (Å²) in [6, 6.07) is 16.0. The summed E-state index contributed by atoms with van der Waals surface area (Å²) in [4.78, 5) is 34.2. The molecule has 3 rings (SSSR count). The van der Waals surface area contributed by atoms with Crippen molar-refractivity contribution in [3.8, 4) is 5.75 Å². The molecule has 10 heteroatoms. The number of benzene rings is 2. The number of ether oxygens (including phenoxy) is 2. The highest BCUT2D eigenvalue weighted by atomic mass is 79.9. The first-order valence-corrected chi connectivity index (χ1v) is 9.39. The van der Waals surface area contributed by atoms with Gasteiger partial charge in [0.1, 0.15) is 18.1 Å². The third kappa shape index (κ3) is 5.67. The standard InChI is InChI=1S/C20H15BrN2O7/c21-16-10-13(23(26)27)6-8-17(16)22-19(24)12-29-20(25)18-9-7-15(30-18)11-28-14-4-2-1-3-5-14/h1-10H,11-12H2,(H,22,24). The van der Waals surface area contributed by atoms with Crippen LogP contribution in [0.1, 0.15) is 16.3 Å². The fraction of sp³-hybridized carbons (Fsp3) is 0.100. The number of amides is 1. The van der Waals surface area contributed by atoms with E-state index in [1.54, 1.807) is 18.2 Å². The topological polar surface area (TPSA) is 121 Å². The smallest absolute Gasteiger partial charge is 0.374 e. The van der Waals surface area contributed by atoms with Gasteiger partial charge in [0.2, 0.25) is 5.76 Å². The highest BCUT2D eigenvalue weighted by Crippen LogP contribution is 2.27. The van der Waals surface area contributed by atoms with Gasteiger partial charge in [-0.1, -0.05) is 18.2 Å². The van der Waals surface area contributed by atoms with Gasteiger partial charge >= 0.3 is 5.97 Å². The van der Waals surface area contributed by atoms with Gasteiger partial charge in [0.05, 0.1) is 10.6 Å². The zero-order chi connectivity index (χ0) is 21.5. The van der Waals surface area contributed by atoms with E-state index >= 15 is 0 Å². The van der Waals surface area contributed by atoms with E-state index in [1.807, 2.05) is 18.2 Å². The van der Waals surface area contributed by atoms with Gasteiger partial charge in [0.15, 0.2) is 6.61 Å². The van der Waals surface area contributed by atoms with Gasteiger partial charge in [0.25, 0.3) is 11.6 Å². The van der Waals surface area contributed by atoms with Crippen molar-refractivity contribution in [3.63, 3.8) is 0 Å². The minimum Gasteiger partial charge on any atom is -0.486 e. The van der Waals surface area contributed by atoms with Gasteiger partial charge in [-0.25, -0.2) is 4.79 Å². The summed E-state index contributed by atoms with van der Waals surface area (Å²) in [6.07, 6.45) is 0. The van der Waals surface area contributed by atoms with Gasteiger partial charge < -0.3 is 19.2 Å². The fourth-order valence-electron chi connectivity index (χ4n) is 2.34. The molecule has 0 aliphatic rings. The van der Waals surface area contributed by atoms with Crippen molar-refractivity contribution in [1.29, 1.82) is 0 Å². The maximum absolute atomic E-state index is 12.1. The molecular weight excluding hydrogens is 460 g/mol. The Morgan fingerprint density at radius 1 is 1.10 bits per heavy atom. The lowest BCUT2D eigenvalue weighted by molar-refractivity contribution is -0.384. The van der Waals surface area contributed by atoms with Crippen molar-refractivity contribution in [2.24, 2.45) is 0 Å². The molecule has 1 heterocycles. The molecule has 0 spiro atoms. The molecule has 0 bridgehead atoms. The van der Waals surface area contributed by atoms with Crippen LogP contribution in [0.15, 0.2) is 69.6 Å². The summed E-state index contributed by atoms with van der Waals surface area (Å²) in [5, 5.41) is 13.2. The van der Waals surface area contributed by atoms with Crippen molar-refractivity contribution in [2.45, 2.75) is 6.61 Å². The number of nitrogens with zero attached hydrogens (tertiary/aromatic N) is 1. The number of para-hydroxylation sites is 1. The lowest BCUT2D eigenvalue weighted by Crippen LogP contribution is -2.21. The third-order valence-electron chi connectivity index (χ3n) is 3.76. The zero-order valence-corrected chi connectivity index (χ0v) is 17.0. The normalized spacial score (nSPS) is 10.3. The molecule has 1 N–H and O–H groups in total. The minimum absolute atomic E-state index is 0.0639. The molecule has 1 aromatic heterocycles. The van der Waals surface area contributed by atoms with Crippen molar-refractivity contribution < 1.29 is 28.4 Å². The lowest BCUT2D eigenvalue weighted by atomic mass is 10.3. The van der Waals surface area contributed by atoms with E-state index in [4.69, 9.17) is 13.9 Å². The van der Waals surface area contributed by atoms with Crippen LogP contribution in [0.3, 0.4) is 0 Å². The molecule has 0 aliphatic heterocycles. The Morgan fingerprint density at radius 2 is 1.87 bits per heavy atom. The molecule has 2 aromatic carbocycles. The number of furan rings is 1. The van der Waals surface area contributed by atoms with Crippen LogP contribution in [-0.2, 0) is 16.1 Å². The Bertz CT molecular complexity index is 1070. The lowest BCUT2D eigenvalue weighted by Gasteiger charge is -2.07. The van der Waals surface area contributed by atoms with Gasteiger partial charge in [-0.05, 0) is 46.3 Å². The second-order valence-corrected chi connectivity index (χ2v) is 6.77. The Hall–Kier alpha value is -3.66. The molecule has 0 radical (unpaired) electrons. The highest BCUT2D eigenvalue weighted by Gasteiger charge is 2.16. The number of rotatable bonds is 8. The number of hydrogen-bond donors (Lipinski definition) is 1. The number of nitro benzene ring substituents is 1. The summed E-state index contributed by atoms with van der Waals surface area (Å²) < 4.78 is 16.2. The molecule has 30 heavy (non-hydrogen) atoms. The SMILES string of the molecule is O=C(COC(=O)c1ccc(COc2ccccc2)o1)Nc1ccc([N+](=O)[O-])cc1Br. The highest BCUT2D eigenvalue weighted by molar-refractivity contribution is 9.10. The van der Waals surface area contributed by atoms with E-state index in [9.17, 15) is 19.7 Å². The van der Waals surface area contributed by atoms with Crippen LogP contribution in [-0.4, -0.2) is 23.4 Å². The number of halogens is 1. The number of nitro groups is 1. The summed E-state index contributed by atoms with van der Waals surface area (Å²) in [7, 11) is 0. The van der Waals surface area contributed by atoms with Gasteiger partial charge in [0, 0.05) is 16.6 Å². The van der Waals surface area contributed by atoms with Crippen molar-refractivity contribution in [3.05, 3.63) is 86.8 Å². The molecule has 0 unspecified atom stereocenters. The molecule has 0 saturated heterocycles. The number of carbonyl (C=O) groups is 2. The monoisotopic (exact) mass is 474 g/mol. The van der Waals surface area contributed by atoms with E-state index in [0.717, 1.165) is 0 Å². The molecule has 0 saturated carbocycles. The molecule has 0 atom stereocenters. The molecule has 0 aliphatic carbocycles. The van der Waals surface area contributed by atoms with E-state index in [-0.39, 0.29) is 18.1 Å². The van der Waals surface area contributed by atoms with E-state index in [0.29, 0.717) is 21.7 Å². The Labute approximate surface area is 178 Å². The third-order valence-corrected chi connectivity index (χ3v) is 4.42. The van der Waals surface area contributed by atoms with Gasteiger partial charge in [-0.15, -0.1) is 0 Å². The van der Waals surface area contributed by atoms with Crippen LogP contribution >= 0.6 is 15.9 Å². The van der Waals surface area contributed by atoms with Crippen LogP contribution in [0.4, 0.5) is 11.4 Å². The van der Waals surface area contributed by atoms with Crippen molar-refractivity contribution in [2.75, 3.05) is 11.9 Å². The number of nitrogens with one attached hydrogen (secondary N) is 1. The maximum atomic E-state index is 12.1. The van der Waals surface area contributed by atoms with E-state index < -0.39 is 23.4 Å². The van der Waals surface area contributed by atoms with E-state index in [2.05, 4.69) is 21.2 Å². The minimum atomic E-state index is -0.807. The second kappa shape index (κ2) is 9.70. The van der Waals surface area contributed by atoms with Crippen LogP contribution < -0.4 is 10.1 Å². The van der Waals surface area contributed by atoms with Crippen molar-refractivity contribution >= 4 is 39.2 Å². The van der Waals surface area contributed by atoms with Crippen molar-refractivity contribution in [1.82, 2.24) is 0 Å². The molecule has 9 nitrogen and oxygen atoms in total. The Morgan fingerprint density at radius 3 is 2.57 bits per heavy atom. The number of anilines is 1. The number of carbonyl (C=O) groups excluding carboxylic acids is 2. The second-order valence-electron chi connectivity index (χ2n) is 5.91. The molecule has 3 aromatic rings. The van der Waals surface area contributed by atoms with Gasteiger partial charge in [-0.3, -0.25) is 14.9 Å². The van der Waals surface area contributed by atoms with E-state index in [1.165, 1.54) is 24.3 Å². The average Bonchev–Trinajstić information content (AvgIpc) is 3.22.